The zero-order valence-electron chi connectivity index (χ0n) is 9.97. The fourth-order valence-electron chi connectivity index (χ4n) is 1.97. The van der Waals surface area contributed by atoms with Gasteiger partial charge in [0.25, 0.3) is 0 Å². The molecule has 0 saturated carbocycles. The molecule has 0 spiro atoms. The minimum absolute atomic E-state index is 0.0204. The molecule has 0 bridgehead atoms. The molecule has 1 fully saturated rings. The lowest BCUT2D eigenvalue weighted by Gasteiger charge is -2.22. The second-order valence-corrected chi connectivity index (χ2v) is 4.20. The van der Waals surface area contributed by atoms with Crippen molar-refractivity contribution in [1.82, 2.24) is 15.0 Å². The first kappa shape index (κ1) is 12.8. The molecular formula is C10H14ClN5O2. The van der Waals surface area contributed by atoms with Gasteiger partial charge in [0.2, 0.25) is 17.2 Å². The van der Waals surface area contributed by atoms with Crippen LogP contribution < -0.4 is 10.6 Å². The summed E-state index contributed by atoms with van der Waals surface area (Å²) in [5.41, 5.74) is 5.52. The molecule has 2 rings (SSSR count). The Morgan fingerprint density at radius 3 is 3.00 bits per heavy atom. The van der Waals surface area contributed by atoms with E-state index in [4.69, 9.17) is 22.1 Å². The average molecular weight is 272 g/mol. The highest BCUT2D eigenvalue weighted by Crippen LogP contribution is 2.24. The maximum absolute atomic E-state index is 11.8. The highest BCUT2D eigenvalue weighted by atomic mass is 35.5. The van der Waals surface area contributed by atoms with Gasteiger partial charge in [-0.1, -0.05) is 0 Å². The van der Waals surface area contributed by atoms with Crippen LogP contribution in [0.2, 0.25) is 5.28 Å². The predicted octanol–water partition coefficient (Wildman–Crippen LogP) is 0.639. The van der Waals surface area contributed by atoms with Crippen LogP contribution in [0.25, 0.3) is 0 Å². The minimum atomic E-state index is -0.372. The van der Waals surface area contributed by atoms with Gasteiger partial charge in [-0.2, -0.15) is 15.0 Å². The van der Waals surface area contributed by atoms with E-state index < -0.39 is 0 Å². The molecule has 1 unspecified atom stereocenters. The first-order valence-electron chi connectivity index (χ1n) is 5.72. The standard InChI is InChI=1S/C10H14ClN5O2/c1-2-18-7(17)6-4-3-5-16(6)10-14-8(11)13-9(12)15-10/h6H,2-5H2,1H3,(H2,12,13,14,15). The summed E-state index contributed by atoms with van der Waals surface area (Å²) in [4.78, 5) is 25.2. The first-order valence-corrected chi connectivity index (χ1v) is 6.10. The van der Waals surface area contributed by atoms with Gasteiger partial charge < -0.3 is 15.4 Å². The fourth-order valence-corrected chi connectivity index (χ4v) is 2.13. The molecule has 1 aliphatic rings. The summed E-state index contributed by atoms with van der Waals surface area (Å²) < 4.78 is 5.02. The van der Waals surface area contributed by atoms with E-state index in [1.54, 1.807) is 11.8 Å². The number of carbonyl (C=O) groups excluding carboxylic acids is 1. The minimum Gasteiger partial charge on any atom is -0.464 e. The molecule has 7 nitrogen and oxygen atoms in total. The molecule has 1 aliphatic heterocycles. The third kappa shape index (κ3) is 2.61. The molecule has 0 aromatic carbocycles. The molecule has 0 radical (unpaired) electrons. The van der Waals surface area contributed by atoms with Gasteiger partial charge in [0, 0.05) is 6.54 Å². The summed E-state index contributed by atoms with van der Waals surface area (Å²) in [6, 6.07) is -0.372. The van der Waals surface area contributed by atoms with E-state index in [0.29, 0.717) is 25.5 Å². The van der Waals surface area contributed by atoms with Crippen LogP contribution >= 0.6 is 11.6 Å². The normalized spacial score (nSPS) is 19.0. The number of rotatable bonds is 3. The van der Waals surface area contributed by atoms with Crippen molar-refractivity contribution in [2.24, 2.45) is 0 Å². The summed E-state index contributed by atoms with van der Waals surface area (Å²) in [6.45, 7) is 2.79. The third-order valence-electron chi connectivity index (χ3n) is 2.68. The Morgan fingerprint density at radius 2 is 2.33 bits per heavy atom. The van der Waals surface area contributed by atoms with Crippen molar-refractivity contribution in [2.75, 3.05) is 23.8 Å². The van der Waals surface area contributed by atoms with Crippen molar-refractivity contribution in [1.29, 1.82) is 0 Å². The van der Waals surface area contributed by atoms with E-state index in [1.165, 1.54) is 0 Å². The number of aromatic nitrogens is 3. The molecule has 2 heterocycles. The van der Waals surface area contributed by atoms with Gasteiger partial charge in [0.1, 0.15) is 6.04 Å². The van der Waals surface area contributed by atoms with Gasteiger partial charge in [0.05, 0.1) is 6.61 Å². The van der Waals surface area contributed by atoms with E-state index >= 15 is 0 Å². The Balaban J connectivity index is 2.23. The molecule has 18 heavy (non-hydrogen) atoms. The Bertz CT molecular complexity index is 436. The molecule has 2 N–H and O–H groups in total. The topological polar surface area (TPSA) is 94.2 Å². The molecule has 8 heteroatoms. The summed E-state index contributed by atoms with van der Waals surface area (Å²) in [5, 5.41) is 0.0204. The Kier molecular flexibility index (Phi) is 3.81. The van der Waals surface area contributed by atoms with Gasteiger partial charge in [-0.3, -0.25) is 0 Å². The molecule has 1 atom stereocenters. The highest BCUT2D eigenvalue weighted by Gasteiger charge is 2.33. The van der Waals surface area contributed by atoms with Crippen molar-refractivity contribution in [3.05, 3.63) is 5.28 Å². The van der Waals surface area contributed by atoms with Gasteiger partial charge in [-0.25, -0.2) is 4.79 Å². The molecule has 0 aliphatic carbocycles. The molecular weight excluding hydrogens is 258 g/mol. The van der Waals surface area contributed by atoms with Crippen LogP contribution in [-0.4, -0.2) is 40.1 Å². The van der Waals surface area contributed by atoms with Crippen LogP contribution in [0.3, 0.4) is 0 Å². The summed E-state index contributed by atoms with van der Waals surface area (Å²) in [7, 11) is 0. The van der Waals surface area contributed by atoms with E-state index in [2.05, 4.69) is 15.0 Å². The van der Waals surface area contributed by atoms with E-state index in [1.807, 2.05) is 0 Å². The van der Waals surface area contributed by atoms with Crippen molar-refractivity contribution in [2.45, 2.75) is 25.8 Å². The highest BCUT2D eigenvalue weighted by molar-refractivity contribution is 6.28. The molecule has 98 valence electrons. The number of anilines is 2. The second-order valence-electron chi connectivity index (χ2n) is 3.87. The van der Waals surface area contributed by atoms with Crippen LogP contribution in [0.15, 0.2) is 0 Å². The Morgan fingerprint density at radius 1 is 1.56 bits per heavy atom. The van der Waals surface area contributed by atoms with Crippen LogP contribution in [0.5, 0.6) is 0 Å². The van der Waals surface area contributed by atoms with Gasteiger partial charge in [-0.15, -0.1) is 0 Å². The number of nitrogens with two attached hydrogens (primary N) is 1. The maximum Gasteiger partial charge on any atom is 0.328 e. The number of nitrogen functional groups attached to an aromatic ring is 1. The second kappa shape index (κ2) is 5.34. The lowest BCUT2D eigenvalue weighted by atomic mass is 10.2. The van der Waals surface area contributed by atoms with Gasteiger partial charge in [0.15, 0.2) is 0 Å². The van der Waals surface area contributed by atoms with Crippen molar-refractivity contribution >= 4 is 29.5 Å². The summed E-state index contributed by atoms with van der Waals surface area (Å²) in [5.74, 6) is 0.0904. The lowest BCUT2D eigenvalue weighted by Crippen LogP contribution is -2.38. The third-order valence-corrected chi connectivity index (χ3v) is 2.85. The molecule has 1 aromatic heterocycles. The quantitative estimate of drug-likeness (QED) is 0.806. The van der Waals surface area contributed by atoms with Crippen molar-refractivity contribution < 1.29 is 9.53 Å². The number of halogens is 1. The zero-order valence-corrected chi connectivity index (χ0v) is 10.7. The number of ether oxygens (including phenoxy) is 1. The van der Waals surface area contributed by atoms with Gasteiger partial charge in [-0.05, 0) is 31.4 Å². The van der Waals surface area contributed by atoms with Crippen molar-refractivity contribution in [3.63, 3.8) is 0 Å². The van der Waals surface area contributed by atoms with Crippen LogP contribution in [0, 0.1) is 0 Å². The average Bonchev–Trinajstić information content (AvgIpc) is 2.76. The summed E-state index contributed by atoms with van der Waals surface area (Å²) in [6.07, 6.45) is 1.58. The van der Waals surface area contributed by atoms with Crippen LogP contribution in [0.4, 0.5) is 11.9 Å². The van der Waals surface area contributed by atoms with Gasteiger partial charge >= 0.3 is 5.97 Å². The zero-order chi connectivity index (χ0) is 13.1. The fraction of sp³-hybridized carbons (Fsp3) is 0.600. The molecule has 1 aromatic rings. The monoisotopic (exact) mass is 271 g/mol. The van der Waals surface area contributed by atoms with E-state index in [-0.39, 0.29) is 23.2 Å². The number of nitrogens with zero attached hydrogens (tertiary/aromatic N) is 4. The van der Waals surface area contributed by atoms with E-state index in [9.17, 15) is 4.79 Å². The predicted molar refractivity (Wildman–Crippen MR) is 66.3 cm³/mol. The number of esters is 1. The lowest BCUT2D eigenvalue weighted by molar-refractivity contribution is -0.144. The number of carbonyl (C=O) groups is 1. The number of hydrogen-bond donors (Lipinski definition) is 1. The maximum atomic E-state index is 11.8. The largest absolute Gasteiger partial charge is 0.464 e. The van der Waals surface area contributed by atoms with E-state index in [0.717, 1.165) is 6.42 Å². The molecule has 0 amide bonds. The van der Waals surface area contributed by atoms with Crippen LogP contribution in [-0.2, 0) is 9.53 Å². The van der Waals surface area contributed by atoms with Crippen molar-refractivity contribution in [3.8, 4) is 0 Å². The SMILES string of the molecule is CCOC(=O)C1CCCN1c1nc(N)nc(Cl)n1. The Labute approximate surface area is 109 Å². The number of hydrogen-bond acceptors (Lipinski definition) is 7. The Hall–Kier alpha value is -1.63. The summed E-state index contributed by atoms with van der Waals surface area (Å²) >= 11 is 5.73. The molecule has 1 saturated heterocycles. The smallest absolute Gasteiger partial charge is 0.328 e. The van der Waals surface area contributed by atoms with Crippen LogP contribution in [0.1, 0.15) is 19.8 Å². The first-order chi connectivity index (χ1) is 8.61.